The zero-order valence-electron chi connectivity index (χ0n) is 15.8. The monoisotopic (exact) mass is 424 g/mol. The Bertz CT molecular complexity index is 825. The topological polar surface area (TPSA) is 49.4 Å². The van der Waals surface area contributed by atoms with Gasteiger partial charge in [-0.3, -0.25) is 9.59 Å². The molecule has 0 aliphatic carbocycles. The van der Waals surface area contributed by atoms with Gasteiger partial charge < -0.3 is 10.2 Å². The van der Waals surface area contributed by atoms with Crippen LogP contribution < -0.4 is 5.32 Å². The minimum absolute atomic E-state index is 0.0481. The van der Waals surface area contributed by atoms with E-state index in [1.165, 1.54) is 11.0 Å². The number of benzene rings is 2. The van der Waals surface area contributed by atoms with Crippen molar-refractivity contribution in [2.75, 3.05) is 6.54 Å². The Kier molecular flexibility index (Phi) is 8.27. The van der Waals surface area contributed by atoms with Crippen molar-refractivity contribution in [1.29, 1.82) is 0 Å². The van der Waals surface area contributed by atoms with Crippen molar-refractivity contribution in [3.63, 3.8) is 0 Å². The smallest absolute Gasteiger partial charge is 0.242 e. The van der Waals surface area contributed by atoms with Gasteiger partial charge in [-0.05, 0) is 37.1 Å². The van der Waals surface area contributed by atoms with Gasteiger partial charge in [0.1, 0.15) is 11.9 Å². The fraction of sp³-hybridized carbons (Fsp3) is 0.333. The lowest BCUT2D eigenvalue weighted by Crippen LogP contribution is -2.48. The second kappa shape index (κ2) is 10.4. The number of halogens is 3. The molecule has 0 saturated carbocycles. The first-order valence-corrected chi connectivity index (χ1v) is 9.84. The zero-order chi connectivity index (χ0) is 20.7. The van der Waals surface area contributed by atoms with Gasteiger partial charge in [0.25, 0.3) is 0 Å². The molecule has 2 aromatic rings. The van der Waals surface area contributed by atoms with Gasteiger partial charge >= 0.3 is 0 Å². The number of carbonyl (C=O) groups is 2. The minimum Gasteiger partial charge on any atom is -0.354 e. The minimum atomic E-state index is -0.766. The number of carbonyl (C=O) groups excluding carboxylic acids is 2. The summed E-state index contributed by atoms with van der Waals surface area (Å²) in [6, 6.07) is 10.4. The van der Waals surface area contributed by atoms with Gasteiger partial charge in [-0.1, -0.05) is 54.4 Å². The number of hydrogen-bond acceptors (Lipinski definition) is 2. The SMILES string of the molecule is CCCNC(=O)[C@@H](C)N(Cc1c(Cl)cccc1Cl)C(=O)Cc1ccccc1F. The van der Waals surface area contributed by atoms with Crippen molar-refractivity contribution in [3.05, 3.63) is 69.5 Å². The molecule has 0 radical (unpaired) electrons. The summed E-state index contributed by atoms with van der Waals surface area (Å²) in [5.74, 6) is -1.14. The fourth-order valence-corrected chi connectivity index (χ4v) is 3.26. The summed E-state index contributed by atoms with van der Waals surface area (Å²) in [5, 5.41) is 3.59. The molecular weight excluding hydrogens is 402 g/mol. The molecule has 0 bridgehead atoms. The van der Waals surface area contributed by atoms with Gasteiger partial charge in [0.15, 0.2) is 0 Å². The van der Waals surface area contributed by atoms with E-state index < -0.39 is 11.9 Å². The lowest BCUT2D eigenvalue weighted by molar-refractivity contribution is -0.140. The summed E-state index contributed by atoms with van der Waals surface area (Å²) in [6.45, 7) is 4.13. The molecule has 2 rings (SSSR count). The van der Waals surface area contributed by atoms with Gasteiger partial charge in [0.2, 0.25) is 11.8 Å². The van der Waals surface area contributed by atoms with E-state index in [9.17, 15) is 14.0 Å². The number of rotatable bonds is 8. The molecule has 0 aliphatic rings. The summed E-state index contributed by atoms with van der Waals surface area (Å²) in [6.07, 6.45) is 0.609. The third-order valence-corrected chi connectivity index (χ3v) is 5.11. The second-order valence-electron chi connectivity index (χ2n) is 6.46. The number of nitrogens with zero attached hydrogens (tertiary/aromatic N) is 1. The molecule has 0 unspecified atom stereocenters. The quantitative estimate of drug-likeness (QED) is 0.671. The van der Waals surface area contributed by atoms with Crippen molar-refractivity contribution in [2.45, 2.75) is 39.3 Å². The summed E-state index contributed by atoms with van der Waals surface area (Å²) < 4.78 is 14.0. The van der Waals surface area contributed by atoms with Crippen molar-refractivity contribution >= 4 is 35.0 Å². The van der Waals surface area contributed by atoms with Crippen LogP contribution in [0.15, 0.2) is 42.5 Å². The highest BCUT2D eigenvalue weighted by atomic mass is 35.5. The van der Waals surface area contributed by atoms with E-state index in [4.69, 9.17) is 23.2 Å². The van der Waals surface area contributed by atoms with Crippen molar-refractivity contribution in [3.8, 4) is 0 Å². The molecular formula is C21H23Cl2FN2O2. The van der Waals surface area contributed by atoms with E-state index in [0.29, 0.717) is 22.2 Å². The van der Waals surface area contributed by atoms with E-state index in [1.54, 1.807) is 43.3 Å². The summed E-state index contributed by atoms with van der Waals surface area (Å²) >= 11 is 12.5. The predicted octanol–water partition coefficient (Wildman–Crippen LogP) is 4.62. The van der Waals surface area contributed by atoms with Gasteiger partial charge in [-0.25, -0.2) is 4.39 Å². The molecule has 0 heterocycles. The average Bonchev–Trinajstić information content (AvgIpc) is 2.67. The Morgan fingerprint density at radius 3 is 2.36 bits per heavy atom. The van der Waals surface area contributed by atoms with Crippen LogP contribution in [0.5, 0.6) is 0 Å². The number of nitrogens with one attached hydrogen (secondary N) is 1. The van der Waals surface area contributed by atoms with Gasteiger partial charge in [-0.15, -0.1) is 0 Å². The third-order valence-electron chi connectivity index (χ3n) is 4.41. The molecule has 7 heteroatoms. The second-order valence-corrected chi connectivity index (χ2v) is 7.27. The zero-order valence-corrected chi connectivity index (χ0v) is 17.4. The van der Waals surface area contributed by atoms with Gasteiger partial charge in [0, 0.05) is 28.7 Å². The third kappa shape index (κ3) is 5.69. The van der Waals surface area contributed by atoms with Crippen LogP contribution >= 0.6 is 23.2 Å². The first-order chi connectivity index (χ1) is 13.3. The number of hydrogen-bond donors (Lipinski definition) is 1. The maximum Gasteiger partial charge on any atom is 0.242 e. The Labute approximate surface area is 174 Å². The molecule has 0 aromatic heterocycles. The van der Waals surface area contributed by atoms with Crippen LogP contribution in [0, 0.1) is 5.82 Å². The fourth-order valence-electron chi connectivity index (χ4n) is 2.74. The van der Waals surface area contributed by atoms with Crippen LogP contribution in [0.25, 0.3) is 0 Å². The Balaban J connectivity index is 2.30. The Morgan fingerprint density at radius 1 is 1.11 bits per heavy atom. The maximum atomic E-state index is 14.0. The Hall–Kier alpha value is -2.11. The molecule has 28 heavy (non-hydrogen) atoms. The molecule has 4 nitrogen and oxygen atoms in total. The van der Waals surface area contributed by atoms with E-state index in [-0.39, 0.29) is 30.3 Å². The summed E-state index contributed by atoms with van der Waals surface area (Å²) in [4.78, 5) is 26.9. The summed E-state index contributed by atoms with van der Waals surface area (Å²) in [7, 11) is 0. The van der Waals surface area contributed by atoms with Crippen LogP contribution in [0.4, 0.5) is 4.39 Å². The number of amides is 2. The van der Waals surface area contributed by atoms with Crippen LogP contribution in [-0.2, 0) is 22.6 Å². The van der Waals surface area contributed by atoms with Gasteiger partial charge in [-0.2, -0.15) is 0 Å². The van der Waals surface area contributed by atoms with Crippen LogP contribution in [0.3, 0.4) is 0 Å². The molecule has 2 amide bonds. The highest BCUT2D eigenvalue weighted by molar-refractivity contribution is 6.36. The first kappa shape index (κ1) is 22.2. The van der Waals surface area contributed by atoms with Crippen molar-refractivity contribution in [2.24, 2.45) is 0 Å². The highest BCUT2D eigenvalue weighted by Gasteiger charge is 2.27. The molecule has 1 N–H and O–H groups in total. The summed E-state index contributed by atoms with van der Waals surface area (Å²) in [5.41, 5.74) is 0.812. The molecule has 0 spiro atoms. The van der Waals surface area contributed by atoms with Crippen molar-refractivity contribution in [1.82, 2.24) is 10.2 Å². The molecule has 0 fully saturated rings. The van der Waals surface area contributed by atoms with Gasteiger partial charge in [0.05, 0.1) is 6.42 Å². The largest absolute Gasteiger partial charge is 0.354 e. The Morgan fingerprint density at radius 2 is 1.75 bits per heavy atom. The standard InChI is InChI=1S/C21H23Cl2FN2O2/c1-3-11-25-21(28)14(2)26(13-16-17(22)8-6-9-18(16)23)20(27)12-15-7-4-5-10-19(15)24/h4-10,14H,3,11-13H2,1-2H3,(H,25,28)/t14-/m1/s1. The average molecular weight is 425 g/mol. The lowest BCUT2D eigenvalue weighted by atomic mass is 10.1. The van der Waals surface area contributed by atoms with Crippen LogP contribution in [-0.4, -0.2) is 29.3 Å². The van der Waals surface area contributed by atoms with E-state index in [2.05, 4.69) is 5.32 Å². The molecule has 0 saturated heterocycles. The lowest BCUT2D eigenvalue weighted by Gasteiger charge is -2.29. The van der Waals surface area contributed by atoms with Crippen molar-refractivity contribution < 1.29 is 14.0 Å². The van der Waals surface area contributed by atoms with Crippen LogP contribution in [0.1, 0.15) is 31.4 Å². The van der Waals surface area contributed by atoms with E-state index >= 15 is 0 Å². The van der Waals surface area contributed by atoms with Crippen LogP contribution in [0.2, 0.25) is 10.0 Å². The van der Waals surface area contributed by atoms with E-state index in [1.807, 2.05) is 6.92 Å². The first-order valence-electron chi connectivity index (χ1n) is 9.08. The highest BCUT2D eigenvalue weighted by Crippen LogP contribution is 2.27. The maximum absolute atomic E-state index is 14.0. The predicted molar refractivity (Wildman–Crippen MR) is 110 cm³/mol. The normalized spacial score (nSPS) is 11.8. The molecule has 1 atom stereocenters. The molecule has 2 aromatic carbocycles. The molecule has 150 valence electrons. The molecule has 0 aliphatic heterocycles. The van der Waals surface area contributed by atoms with E-state index in [0.717, 1.165) is 6.42 Å².